The summed E-state index contributed by atoms with van der Waals surface area (Å²) >= 11 is 0. The maximum Gasteiger partial charge on any atom is 0.134 e. The van der Waals surface area contributed by atoms with Crippen LogP contribution in [0.1, 0.15) is 233 Å². The monoisotopic (exact) mass is 1340 g/mol. The van der Waals surface area contributed by atoms with E-state index in [2.05, 4.69) is 13.8 Å². The van der Waals surface area contributed by atoms with Gasteiger partial charge in [-0.25, -0.2) is 4.39 Å². The number of rotatable bonds is 4. The van der Waals surface area contributed by atoms with Crippen LogP contribution in [0.15, 0.2) is 30.3 Å². The molecule has 41 N–H and O–H groups in total. The van der Waals surface area contributed by atoms with Gasteiger partial charge in [-0.05, 0) is 197 Å². The average molecular weight is 1340 g/mol. The van der Waals surface area contributed by atoms with E-state index in [-0.39, 0.29) is 127 Å². The molecule has 9 saturated carbocycles. The van der Waals surface area contributed by atoms with Gasteiger partial charge in [0.1, 0.15) is 12.0 Å². The maximum atomic E-state index is 12.5. The molecule has 0 saturated heterocycles. The molecule has 25 heteroatoms. The van der Waals surface area contributed by atoms with Gasteiger partial charge in [-0.3, -0.25) is 4.79 Å². The van der Waals surface area contributed by atoms with Crippen molar-refractivity contribution in [2.75, 3.05) is 0 Å². The molecule has 10 rings (SSSR count). The fourth-order valence-corrected chi connectivity index (χ4v) is 13.8. The van der Waals surface area contributed by atoms with Crippen molar-refractivity contribution < 1.29 is 34.7 Å². The third kappa shape index (κ3) is 32.5. The zero-order valence-corrected chi connectivity index (χ0v) is 59.1. The highest BCUT2D eigenvalue weighted by atomic mass is 19.1. The van der Waals surface area contributed by atoms with E-state index in [0.717, 1.165) is 120 Å². The molecule has 0 bridgehead atoms. The van der Waals surface area contributed by atoms with Gasteiger partial charge in [0.25, 0.3) is 0 Å². The minimum Gasteiger partial charge on any atom is -0.393 e. The van der Waals surface area contributed by atoms with Crippen LogP contribution in [-0.4, -0.2) is 169 Å². The van der Waals surface area contributed by atoms with Gasteiger partial charge in [0, 0.05) is 122 Å². The highest BCUT2D eigenvalue weighted by Gasteiger charge is 2.40. The van der Waals surface area contributed by atoms with Crippen molar-refractivity contribution in [1.82, 2.24) is 0 Å². The largest absolute Gasteiger partial charge is 0.393 e. The van der Waals surface area contributed by atoms with Crippen LogP contribution < -0.4 is 103 Å². The molecule has 0 heterocycles. The van der Waals surface area contributed by atoms with E-state index in [0.29, 0.717) is 64.2 Å². The second kappa shape index (κ2) is 42.9. The predicted octanol–water partition coefficient (Wildman–Crippen LogP) is 0.521. The molecule has 1 aromatic rings. The van der Waals surface area contributed by atoms with Crippen LogP contribution in [0, 0.1) is 17.8 Å². The summed E-state index contributed by atoms with van der Waals surface area (Å²) in [5.41, 5.74) is 101. The van der Waals surface area contributed by atoms with Gasteiger partial charge in [-0.15, -0.1) is 0 Å². The molecule has 8 unspecified atom stereocenters. The van der Waals surface area contributed by atoms with Gasteiger partial charge in [0.15, 0.2) is 0 Å². The van der Waals surface area contributed by atoms with Gasteiger partial charge < -0.3 is 129 Å². The number of carbonyl (C=O) groups is 1. The van der Waals surface area contributed by atoms with Crippen molar-refractivity contribution in [3.8, 4) is 0 Å². The van der Waals surface area contributed by atoms with Crippen LogP contribution in [0.25, 0.3) is 0 Å². The molecule has 9 aliphatic rings. The molecule has 554 valence electrons. The summed E-state index contributed by atoms with van der Waals surface area (Å²) in [6, 6.07) is 10.8. The van der Waals surface area contributed by atoms with Crippen molar-refractivity contribution >= 4 is 5.78 Å². The van der Waals surface area contributed by atoms with E-state index in [1.54, 1.807) is 0 Å². The average Bonchev–Trinajstić information content (AvgIpc) is 0.819. The standard InChI is InChI=1S/C12H18N2O.C9H20N2O.C8H18N2O.C8H18N2.C7H16N2O.C7H16N2.C6H13FN2.C6H14N2O.C6H12N2O/c13-10-6-7-12(15,8-11(10)14)9-4-2-1-3-5-9;1-6(2)9(12)4-3-7(10)8(11)5-9;1-2-8(11)4-3-6(9)7(10)5-8;1-2-6-3-4-7(9)8(10)5-6;1-7(10)3-2-5(8)6(9)4-7;1-5-2-3-6(8)7(9)4-5;7-4-1-2-5(8)6(9)3-4;2*7-5-2-1-4(9)3-6(5)8/h1-5,10-11,15H,6-8,13-14H2;6-8,12H,3-5,10-11H2,1-2H3;6-7,11H,2-5,9-10H2,1H3;6-8H,2-5,9-10H2,1H3;5-6,10H,2-4,8-9H2,1H3;5-7H,2-4,8-9H2,1H3;4-6H,1-3,8-9H2;4-6,9H,1-3,7-8H2;5-6H,1-3,7-8H2/t10-,11+,12?;7-,8+,9?;6-,7+,8?;6?,7-,8+;5-,6+,7?;5?,6-,7+;2*4?,5-,6+;5-,6+/m000000000/s1. The molecule has 94 heavy (non-hydrogen) atoms. The minimum atomic E-state index is -0.781. The smallest absolute Gasteiger partial charge is 0.134 e. The molecule has 0 aromatic heterocycles. The van der Waals surface area contributed by atoms with Crippen molar-refractivity contribution in [2.24, 2.45) is 121 Å². The Morgan fingerprint density at radius 1 is 0.457 bits per heavy atom. The Kier molecular flexibility index (Phi) is 40.1. The van der Waals surface area contributed by atoms with Crippen molar-refractivity contribution in [3.63, 3.8) is 0 Å². The number of halogens is 1. The molecule has 0 amide bonds. The summed E-state index contributed by atoms with van der Waals surface area (Å²) in [7, 11) is 0. The number of aliphatic hydroxyl groups excluding tert-OH is 1. The van der Waals surface area contributed by atoms with Crippen LogP contribution in [-0.2, 0) is 10.4 Å². The second-order valence-corrected chi connectivity index (χ2v) is 30.8. The number of alkyl halides is 1. The Morgan fingerprint density at radius 3 is 1.30 bits per heavy atom. The first-order valence-electron chi connectivity index (χ1n) is 36.1. The minimum absolute atomic E-state index is 0.00810. The lowest BCUT2D eigenvalue weighted by Crippen LogP contribution is -2.54. The molecule has 0 aliphatic heterocycles. The number of carbonyl (C=O) groups excluding carboxylic acids is 1. The summed E-state index contributed by atoms with van der Waals surface area (Å²) in [6.45, 7) is 12.3. The highest BCUT2D eigenvalue weighted by molar-refractivity contribution is 5.80. The molecule has 9 aliphatic carbocycles. The van der Waals surface area contributed by atoms with E-state index in [9.17, 15) is 29.6 Å². The summed E-state index contributed by atoms with van der Waals surface area (Å²) < 4.78 is 12.5. The molecule has 0 spiro atoms. The fraction of sp³-hybridized carbons (Fsp3) is 0.899. The van der Waals surface area contributed by atoms with Crippen molar-refractivity contribution in [2.45, 2.75) is 371 Å². The molecule has 1 aromatic carbocycles. The van der Waals surface area contributed by atoms with Crippen LogP contribution in [0.2, 0.25) is 0 Å². The molecular weight excluding hydrogens is 1200 g/mol. The topological polar surface area (TPSA) is 587 Å². The molecular formula is C69H145FN18O6. The number of Topliss-reactive ketones (excluding diaryl/α,β-unsaturated/α-hetero) is 1. The summed E-state index contributed by atoms with van der Waals surface area (Å²) in [4.78, 5) is 10.7. The van der Waals surface area contributed by atoms with Gasteiger partial charge in [-0.2, -0.15) is 0 Å². The number of benzene rings is 1. The number of aliphatic hydroxyl groups is 5. The van der Waals surface area contributed by atoms with Crippen LogP contribution in [0.3, 0.4) is 0 Å². The number of ketones is 1. The van der Waals surface area contributed by atoms with E-state index in [1.807, 2.05) is 58.0 Å². The third-order valence-corrected chi connectivity index (χ3v) is 21.9. The summed E-state index contributed by atoms with van der Waals surface area (Å²) in [6.07, 6.45) is 23.0. The van der Waals surface area contributed by atoms with E-state index < -0.39 is 28.6 Å². The lowest BCUT2D eigenvalue weighted by molar-refractivity contribution is -0.120. The highest BCUT2D eigenvalue weighted by Crippen LogP contribution is 2.37. The van der Waals surface area contributed by atoms with E-state index >= 15 is 0 Å². The van der Waals surface area contributed by atoms with E-state index in [4.69, 9.17) is 108 Å². The number of nitrogens with two attached hydrogens (primary N) is 18. The second-order valence-electron chi connectivity index (χ2n) is 30.8. The van der Waals surface area contributed by atoms with Crippen molar-refractivity contribution in [3.05, 3.63) is 35.9 Å². The Hall–Kier alpha value is -2.10. The third-order valence-electron chi connectivity index (χ3n) is 21.9. The normalized spacial score (nSPS) is 42.9. The maximum absolute atomic E-state index is 12.5. The lowest BCUT2D eigenvalue weighted by atomic mass is 9.73. The Bertz CT molecular complexity index is 2120. The fourth-order valence-electron chi connectivity index (χ4n) is 13.8. The number of hydrogen-bond donors (Lipinski definition) is 23. The zero-order chi connectivity index (χ0) is 71.5. The predicted molar refractivity (Wildman–Crippen MR) is 383 cm³/mol. The van der Waals surface area contributed by atoms with Crippen LogP contribution in [0.4, 0.5) is 4.39 Å². The zero-order valence-electron chi connectivity index (χ0n) is 59.1. The van der Waals surface area contributed by atoms with Gasteiger partial charge >= 0.3 is 0 Å². The van der Waals surface area contributed by atoms with Gasteiger partial charge in [0.05, 0.1) is 28.5 Å². The van der Waals surface area contributed by atoms with E-state index in [1.165, 1.54) is 19.3 Å². The Morgan fingerprint density at radius 2 is 0.894 bits per heavy atom. The van der Waals surface area contributed by atoms with Crippen molar-refractivity contribution in [1.29, 1.82) is 0 Å². The summed E-state index contributed by atoms with van der Waals surface area (Å²) in [5.74, 6) is 2.16. The molecule has 24 nitrogen and oxygen atoms in total. The lowest BCUT2D eigenvalue weighted by Gasteiger charge is -2.41. The van der Waals surface area contributed by atoms with Gasteiger partial charge in [-0.1, -0.05) is 71.4 Å². The molecule has 0 radical (unpaired) electrons. The first-order chi connectivity index (χ1) is 43.7. The first kappa shape index (κ1) is 88.0. The molecule has 9 fully saturated rings. The number of hydrogen-bond acceptors (Lipinski definition) is 24. The first-order valence-corrected chi connectivity index (χ1v) is 36.1. The Labute approximate surface area is 566 Å². The summed E-state index contributed by atoms with van der Waals surface area (Å²) in [5, 5.41) is 49.0. The van der Waals surface area contributed by atoms with Crippen LogP contribution in [0.5, 0.6) is 0 Å². The van der Waals surface area contributed by atoms with Crippen LogP contribution >= 0.6 is 0 Å². The van der Waals surface area contributed by atoms with Gasteiger partial charge in [0.2, 0.25) is 0 Å². The quantitative estimate of drug-likeness (QED) is 0.195. The Balaban J connectivity index is 0.000000362. The SMILES string of the molecule is CC(C)C1(O)CC[C@H](N)[C@H](N)C1.CC1(O)CC[C@H](N)[C@H](N)C1.CC1CC[C@H](N)[C@H](N)C1.CCC1(O)CC[C@H](N)[C@H](N)C1.CCC1CC[C@H](N)[C@H](N)C1.N[C@@H]1CC(=O)CC[C@@H]1N.N[C@@H]1CC(F)CC[C@@H]1N.N[C@@H]1CC(O)(c2ccccc2)CC[C@@H]1N.N[C@@H]1CC(O)CC[C@@H]1N. The molecule has 26 atom stereocenters.